The normalized spacial score (nSPS) is 10.6. The Balaban J connectivity index is 1.96. The number of aryl methyl sites for hydroxylation is 3. The van der Waals surface area contributed by atoms with E-state index in [4.69, 9.17) is 4.52 Å². The Morgan fingerprint density at radius 3 is 2.65 bits per heavy atom. The van der Waals surface area contributed by atoms with Crippen molar-refractivity contribution in [3.05, 3.63) is 23.1 Å². The minimum absolute atomic E-state index is 0.187. The molecule has 8 nitrogen and oxygen atoms in total. The molecule has 0 spiro atoms. The number of nitrogens with one attached hydrogen (secondary N) is 2. The van der Waals surface area contributed by atoms with E-state index < -0.39 is 0 Å². The molecule has 0 fully saturated rings. The first kappa shape index (κ1) is 14.0. The van der Waals surface area contributed by atoms with Gasteiger partial charge >= 0.3 is 6.03 Å². The summed E-state index contributed by atoms with van der Waals surface area (Å²) < 4.78 is 6.75. The smallest absolute Gasteiger partial charge is 0.319 e. The Hall–Kier alpha value is -2.38. The molecule has 0 aliphatic carbocycles. The number of amides is 2. The third kappa shape index (κ3) is 2.95. The maximum atomic E-state index is 11.8. The second-order valence-electron chi connectivity index (χ2n) is 4.40. The van der Waals surface area contributed by atoms with Gasteiger partial charge in [0.25, 0.3) is 0 Å². The molecule has 2 aromatic heterocycles. The summed E-state index contributed by atoms with van der Waals surface area (Å²) in [6, 6.07) is -0.331. The van der Waals surface area contributed by atoms with Crippen LogP contribution in [-0.4, -0.2) is 26.0 Å². The third-order valence-electron chi connectivity index (χ3n) is 2.89. The summed E-state index contributed by atoms with van der Waals surface area (Å²) in [7, 11) is 0. The van der Waals surface area contributed by atoms with Crippen LogP contribution in [0.2, 0.25) is 0 Å². The van der Waals surface area contributed by atoms with Gasteiger partial charge in [-0.1, -0.05) is 5.16 Å². The number of aromatic nitrogens is 4. The molecule has 0 atom stereocenters. The number of urea groups is 1. The van der Waals surface area contributed by atoms with Crippen LogP contribution >= 0.6 is 0 Å². The lowest BCUT2D eigenvalue weighted by atomic mass is 10.3. The topological polar surface area (TPSA) is 97.9 Å². The molecule has 2 rings (SSSR count). The lowest BCUT2D eigenvalue weighted by Crippen LogP contribution is -2.28. The number of nitrogens with zero attached hydrogens (tertiary/aromatic N) is 4. The lowest BCUT2D eigenvalue weighted by Gasteiger charge is -2.06. The maximum absolute atomic E-state index is 11.8. The van der Waals surface area contributed by atoms with E-state index in [9.17, 15) is 4.79 Å². The summed E-state index contributed by atoms with van der Waals surface area (Å²) in [5, 5.41) is 13.4. The summed E-state index contributed by atoms with van der Waals surface area (Å²) in [4.78, 5) is 15.9. The summed E-state index contributed by atoms with van der Waals surface area (Å²) in [6.07, 6.45) is 0. The van der Waals surface area contributed by atoms with Crippen molar-refractivity contribution in [2.45, 2.75) is 40.8 Å². The first-order valence-corrected chi connectivity index (χ1v) is 6.39. The summed E-state index contributed by atoms with van der Waals surface area (Å²) >= 11 is 0. The molecule has 2 heterocycles. The van der Waals surface area contributed by atoms with Crippen molar-refractivity contribution < 1.29 is 9.32 Å². The second kappa shape index (κ2) is 5.72. The SMILES string of the molecule is CCn1nc(C)c(NC(=O)NCc2nc(C)no2)c1C. The van der Waals surface area contributed by atoms with E-state index in [1.807, 2.05) is 25.5 Å². The standard InChI is InChI=1S/C12H18N6O2/c1-5-18-8(3)11(7(2)16-18)15-12(19)13-6-10-14-9(4)17-20-10/h5-6H2,1-4H3,(H2,13,15,19). The van der Waals surface area contributed by atoms with Crippen LogP contribution in [0.5, 0.6) is 0 Å². The zero-order valence-corrected chi connectivity index (χ0v) is 12.0. The molecule has 20 heavy (non-hydrogen) atoms. The Labute approximate surface area is 116 Å². The van der Waals surface area contributed by atoms with Crippen LogP contribution in [0.4, 0.5) is 10.5 Å². The van der Waals surface area contributed by atoms with Gasteiger partial charge in [0.05, 0.1) is 23.6 Å². The molecule has 0 bridgehead atoms. The minimum Gasteiger partial charge on any atom is -0.337 e. The summed E-state index contributed by atoms with van der Waals surface area (Å²) in [5.41, 5.74) is 2.44. The van der Waals surface area contributed by atoms with E-state index in [-0.39, 0.29) is 12.6 Å². The van der Waals surface area contributed by atoms with Gasteiger partial charge in [0.1, 0.15) is 0 Å². The summed E-state index contributed by atoms with van der Waals surface area (Å²) in [6.45, 7) is 8.45. The van der Waals surface area contributed by atoms with Gasteiger partial charge in [0.15, 0.2) is 5.82 Å². The number of anilines is 1. The van der Waals surface area contributed by atoms with Crippen LogP contribution < -0.4 is 10.6 Å². The monoisotopic (exact) mass is 278 g/mol. The molecule has 108 valence electrons. The van der Waals surface area contributed by atoms with Crippen molar-refractivity contribution >= 4 is 11.7 Å². The number of hydrogen-bond donors (Lipinski definition) is 2. The average Bonchev–Trinajstić information content (AvgIpc) is 2.94. The first-order chi connectivity index (χ1) is 9.51. The van der Waals surface area contributed by atoms with Crippen LogP contribution in [0, 0.1) is 20.8 Å². The zero-order chi connectivity index (χ0) is 14.7. The molecule has 0 saturated carbocycles. The van der Waals surface area contributed by atoms with Gasteiger partial charge in [-0.3, -0.25) is 4.68 Å². The van der Waals surface area contributed by atoms with E-state index in [0.29, 0.717) is 11.7 Å². The highest BCUT2D eigenvalue weighted by Crippen LogP contribution is 2.18. The van der Waals surface area contributed by atoms with E-state index in [1.54, 1.807) is 6.92 Å². The van der Waals surface area contributed by atoms with Crippen molar-refractivity contribution in [2.75, 3.05) is 5.32 Å². The highest BCUT2D eigenvalue weighted by Gasteiger charge is 2.13. The molecule has 0 saturated heterocycles. The number of hydrogen-bond acceptors (Lipinski definition) is 5. The van der Waals surface area contributed by atoms with E-state index >= 15 is 0 Å². The molecule has 0 aliphatic rings. The predicted molar refractivity (Wildman–Crippen MR) is 72.3 cm³/mol. The third-order valence-corrected chi connectivity index (χ3v) is 2.89. The van der Waals surface area contributed by atoms with Crippen LogP contribution in [0.3, 0.4) is 0 Å². The molecule has 0 aromatic carbocycles. The number of carbonyl (C=O) groups is 1. The molecule has 8 heteroatoms. The Morgan fingerprint density at radius 2 is 2.10 bits per heavy atom. The van der Waals surface area contributed by atoms with Gasteiger partial charge in [-0.15, -0.1) is 0 Å². The van der Waals surface area contributed by atoms with Crippen molar-refractivity contribution in [2.24, 2.45) is 0 Å². The highest BCUT2D eigenvalue weighted by atomic mass is 16.5. The van der Waals surface area contributed by atoms with Gasteiger partial charge in [0.2, 0.25) is 5.89 Å². The Morgan fingerprint density at radius 1 is 1.35 bits per heavy atom. The lowest BCUT2D eigenvalue weighted by molar-refractivity contribution is 0.249. The molecule has 2 N–H and O–H groups in total. The quantitative estimate of drug-likeness (QED) is 0.883. The van der Waals surface area contributed by atoms with E-state index in [0.717, 1.165) is 23.6 Å². The van der Waals surface area contributed by atoms with Crippen LogP contribution in [-0.2, 0) is 13.1 Å². The fourth-order valence-electron chi connectivity index (χ4n) is 1.91. The molecule has 0 unspecified atom stereocenters. The molecular formula is C12H18N6O2. The molecule has 2 aromatic rings. The van der Waals surface area contributed by atoms with Crippen LogP contribution in [0.1, 0.15) is 30.0 Å². The molecular weight excluding hydrogens is 260 g/mol. The number of carbonyl (C=O) groups excluding carboxylic acids is 1. The van der Waals surface area contributed by atoms with Gasteiger partial charge < -0.3 is 15.2 Å². The van der Waals surface area contributed by atoms with Crippen molar-refractivity contribution in [3.63, 3.8) is 0 Å². The van der Waals surface area contributed by atoms with E-state index in [2.05, 4.69) is 25.9 Å². The van der Waals surface area contributed by atoms with Crippen LogP contribution in [0.15, 0.2) is 4.52 Å². The van der Waals surface area contributed by atoms with Gasteiger partial charge in [0, 0.05) is 6.54 Å². The molecule has 0 aliphatic heterocycles. The van der Waals surface area contributed by atoms with E-state index in [1.165, 1.54) is 0 Å². The largest absolute Gasteiger partial charge is 0.337 e. The van der Waals surface area contributed by atoms with Crippen molar-refractivity contribution in [1.29, 1.82) is 0 Å². The van der Waals surface area contributed by atoms with Gasteiger partial charge in [-0.05, 0) is 27.7 Å². The molecule has 0 radical (unpaired) electrons. The second-order valence-corrected chi connectivity index (χ2v) is 4.40. The minimum atomic E-state index is -0.331. The Kier molecular flexibility index (Phi) is 4.02. The average molecular weight is 278 g/mol. The zero-order valence-electron chi connectivity index (χ0n) is 12.0. The van der Waals surface area contributed by atoms with Crippen molar-refractivity contribution in [3.8, 4) is 0 Å². The summed E-state index contributed by atoms with van der Waals surface area (Å²) in [5.74, 6) is 0.911. The highest BCUT2D eigenvalue weighted by molar-refractivity contribution is 5.90. The fourth-order valence-corrected chi connectivity index (χ4v) is 1.91. The van der Waals surface area contributed by atoms with Crippen molar-refractivity contribution in [1.82, 2.24) is 25.2 Å². The van der Waals surface area contributed by atoms with Gasteiger partial charge in [-0.2, -0.15) is 10.1 Å². The maximum Gasteiger partial charge on any atom is 0.319 e. The first-order valence-electron chi connectivity index (χ1n) is 6.39. The fraction of sp³-hybridized carbons (Fsp3) is 0.500. The molecule has 2 amide bonds. The van der Waals surface area contributed by atoms with Gasteiger partial charge in [-0.25, -0.2) is 4.79 Å². The van der Waals surface area contributed by atoms with Crippen LogP contribution in [0.25, 0.3) is 0 Å². The Bertz CT molecular complexity index is 615. The number of rotatable bonds is 4. The predicted octanol–water partition coefficient (Wildman–Crippen LogP) is 1.53.